The van der Waals surface area contributed by atoms with Gasteiger partial charge < -0.3 is 20.3 Å². The van der Waals surface area contributed by atoms with E-state index in [9.17, 15) is 9.59 Å². The fraction of sp³-hybridized carbons (Fsp3) is 0.467. The molecule has 114 valence electrons. The molecule has 1 aromatic carbocycles. The molecule has 6 heteroatoms. The standard InChI is InChI=1S/C15H21N3O3/c1-11-9-12(16)3-4-13(11)15(20)21-10-14(19)18-7-5-17(2)6-8-18/h3-4,9H,5-8,10,16H2,1-2H3. The molecule has 1 aliphatic rings. The van der Waals surface area contributed by atoms with Gasteiger partial charge in [-0.05, 0) is 37.7 Å². The molecular weight excluding hydrogens is 270 g/mol. The van der Waals surface area contributed by atoms with E-state index in [2.05, 4.69) is 4.90 Å². The zero-order valence-electron chi connectivity index (χ0n) is 12.5. The number of ether oxygens (including phenoxy) is 1. The first-order valence-electron chi connectivity index (χ1n) is 6.97. The number of carbonyl (C=O) groups is 2. The molecule has 0 unspecified atom stereocenters. The lowest BCUT2D eigenvalue weighted by Gasteiger charge is -2.32. The number of amides is 1. The van der Waals surface area contributed by atoms with Gasteiger partial charge in [0.15, 0.2) is 6.61 Å². The van der Waals surface area contributed by atoms with Gasteiger partial charge in [-0.15, -0.1) is 0 Å². The third kappa shape index (κ3) is 3.95. The number of esters is 1. The van der Waals surface area contributed by atoms with Gasteiger partial charge in [0.05, 0.1) is 5.56 Å². The van der Waals surface area contributed by atoms with E-state index in [1.165, 1.54) is 0 Å². The van der Waals surface area contributed by atoms with E-state index in [4.69, 9.17) is 10.5 Å². The number of benzene rings is 1. The topological polar surface area (TPSA) is 75.9 Å². The number of hydrogen-bond acceptors (Lipinski definition) is 5. The van der Waals surface area contributed by atoms with Crippen molar-refractivity contribution >= 4 is 17.6 Å². The molecule has 1 saturated heterocycles. The van der Waals surface area contributed by atoms with Gasteiger partial charge in [-0.1, -0.05) is 0 Å². The molecule has 0 bridgehead atoms. The van der Waals surface area contributed by atoms with Crippen molar-refractivity contribution in [2.75, 3.05) is 45.6 Å². The average Bonchev–Trinajstić information content (AvgIpc) is 2.45. The van der Waals surface area contributed by atoms with Crippen LogP contribution in [-0.4, -0.2) is 61.5 Å². The van der Waals surface area contributed by atoms with Crippen LogP contribution < -0.4 is 5.73 Å². The van der Waals surface area contributed by atoms with Gasteiger partial charge in [0.25, 0.3) is 5.91 Å². The van der Waals surface area contributed by atoms with Crippen molar-refractivity contribution in [1.29, 1.82) is 0 Å². The van der Waals surface area contributed by atoms with Crippen molar-refractivity contribution in [3.63, 3.8) is 0 Å². The number of nitrogen functional groups attached to an aromatic ring is 1. The van der Waals surface area contributed by atoms with Crippen LogP contribution in [0.4, 0.5) is 5.69 Å². The van der Waals surface area contributed by atoms with Crippen molar-refractivity contribution in [3.8, 4) is 0 Å². The second kappa shape index (κ2) is 6.58. The lowest BCUT2D eigenvalue weighted by atomic mass is 10.1. The summed E-state index contributed by atoms with van der Waals surface area (Å²) in [4.78, 5) is 27.8. The molecule has 1 amide bonds. The van der Waals surface area contributed by atoms with E-state index in [1.807, 2.05) is 7.05 Å². The number of aryl methyl sites for hydroxylation is 1. The highest BCUT2D eigenvalue weighted by molar-refractivity contribution is 5.93. The molecule has 1 aromatic rings. The van der Waals surface area contributed by atoms with Crippen LogP contribution >= 0.6 is 0 Å². The van der Waals surface area contributed by atoms with E-state index < -0.39 is 5.97 Å². The molecular formula is C15H21N3O3. The summed E-state index contributed by atoms with van der Waals surface area (Å²) in [5.74, 6) is -0.639. The van der Waals surface area contributed by atoms with Crippen LogP contribution in [-0.2, 0) is 9.53 Å². The molecule has 21 heavy (non-hydrogen) atoms. The zero-order valence-corrected chi connectivity index (χ0v) is 12.5. The summed E-state index contributed by atoms with van der Waals surface area (Å²) < 4.78 is 5.11. The molecule has 0 spiro atoms. The number of rotatable bonds is 3. The maximum Gasteiger partial charge on any atom is 0.338 e. The Kier molecular flexibility index (Phi) is 4.80. The Hall–Kier alpha value is -2.08. The number of carbonyl (C=O) groups excluding carboxylic acids is 2. The second-order valence-corrected chi connectivity index (χ2v) is 5.33. The van der Waals surface area contributed by atoms with E-state index in [-0.39, 0.29) is 12.5 Å². The van der Waals surface area contributed by atoms with Crippen LogP contribution in [0.3, 0.4) is 0 Å². The zero-order chi connectivity index (χ0) is 15.4. The largest absolute Gasteiger partial charge is 0.452 e. The van der Waals surface area contributed by atoms with Crippen LogP contribution in [0.5, 0.6) is 0 Å². The van der Waals surface area contributed by atoms with Gasteiger partial charge in [-0.25, -0.2) is 4.79 Å². The second-order valence-electron chi connectivity index (χ2n) is 5.33. The van der Waals surface area contributed by atoms with Crippen LogP contribution in [0.25, 0.3) is 0 Å². The fourth-order valence-corrected chi connectivity index (χ4v) is 2.27. The fourth-order valence-electron chi connectivity index (χ4n) is 2.27. The monoisotopic (exact) mass is 291 g/mol. The van der Waals surface area contributed by atoms with E-state index in [1.54, 1.807) is 30.0 Å². The molecule has 0 saturated carbocycles. The first kappa shape index (κ1) is 15.3. The quantitative estimate of drug-likeness (QED) is 0.648. The van der Waals surface area contributed by atoms with Gasteiger partial charge in [-0.2, -0.15) is 0 Å². The summed E-state index contributed by atoms with van der Waals surface area (Å²) in [5, 5.41) is 0. The Morgan fingerprint density at radius 3 is 2.52 bits per heavy atom. The number of anilines is 1. The molecule has 2 N–H and O–H groups in total. The third-order valence-electron chi connectivity index (χ3n) is 3.65. The average molecular weight is 291 g/mol. The molecule has 0 aliphatic carbocycles. The Labute approximate surface area is 124 Å². The smallest absolute Gasteiger partial charge is 0.338 e. The molecule has 1 fully saturated rings. The summed E-state index contributed by atoms with van der Waals surface area (Å²) >= 11 is 0. The molecule has 2 rings (SSSR count). The highest BCUT2D eigenvalue weighted by Gasteiger charge is 2.20. The first-order chi connectivity index (χ1) is 9.97. The molecule has 6 nitrogen and oxygen atoms in total. The van der Waals surface area contributed by atoms with Crippen LogP contribution in [0, 0.1) is 6.92 Å². The third-order valence-corrected chi connectivity index (χ3v) is 3.65. The molecule has 0 radical (unpaired) electrons. The number of nitrogens with zero attached hydrogens (tertiary/aromatic N) is 2. The SMILES string of the molecule is Cc1cc(N)ccc1C(=O)OCC(=O)N1CCN(C)CC1. The van der Waals surface area contributed by atoms with Crippen LogP contribution in [0.2, 0.25) is 0 Å². The van der Waals surface area contributed by atoms with Crippen molar-refractivity contribution in [1.82, 2.24) is 9.80 Å². The minimum atomic E-state index is -0.491. The summed E-state index contributed by atoms with van der Waals surface area (Å²) in [6, 6.07) is 4.97. The van der Waals surface area contributed by atoms with Gasteiger partial charge in [0.2, 0.25) is 0 Å². The summed E-state index contributed by atoms with van der Waals surface area (Å²) in [6.07, 6.45) is 0. The summed E-state index contributed by atoms with van der Waals surface area (Å²) in [7, 11) is 2.02. The van der Waals surface area contributed by atoms with E-state index in [0.29, 0.717) is 24.3 Å². The normalized spacial score (nSPS) is 15.8. The Morgan fingerprint density at radius 2 is 1.90 bits per heavy atom. The Balaban J connectivity index is 1.87. The number of nitrogens with two attached hydrogens (primary N) is 1. The van der Waals surface area contributed by atoms with Crippen molar-refractivity contribution in [2.45, 2.75) is 6.92 Å². The predicted molar refractivity (Wildman–Crippen MR) is 80.0 cm³/mol. The summed E-state index contributed by atoms with van der Waals surface area (Å²) in [5.41, 5.74) is 7.42. The number of piperazine rings is 1. The van der Waals surface area contributed by atoms with Gasteiger partial charge in [-0.3, -0.25) is 4.79 Å². The lowest BCUT2D eigenvalue weighted by molar-refractivity contribution is -0.136. The first-order valence-corrected chi connectivity index (χ1v) is 6.97. The maximum atomic E-state index is 12.0. The minimum absolute atomic E-state index is 0.149. The highest BCUT2D eigenvalue weighted by atomic mass is 16.5. The predicted octanol–water partition coefficient (Wildman–Crippen LogP) is 0.508. The highest BCUT2D eigenvalue weighted by Crippen LogP contribution is 2.13. The molecule has 0 aromatic heterocycles. The summed E-state index contributed by atoms with van der Waals surface area (Å²) in [6.45, 7) is 4.61. The van der Waals surface area contributed by atoms with Gasteiger partial charge in [0, 0.05) is 31.9 Å². The number of hydrogen-bond donors (Lipinski definition) is 1. The molecule has 1 aliphatic heterocycles. The van der Waals surface area contributed by atoms with E-state index in [0.717, 1.165) is 18.7 Å². The maximum absolute atomic E-state index is 12.0. The molecule has 0 atom stereocenters. The lowest BCUT2D eigenvalue weighted by Crippen LogP contribution is -2.48. The van der Waals surface area contributed by atoms with Crippen LogP contribution in [0.15, 0.2) is 18.2 Å². The van der Waals surface area contributed by atoms with Crippen LogP contribution in [0.1, 0.15) is 15.9 Å². The van der Waals surface area contributed by atoms with Crippen molar-refractivity contribution in [3.05, 3.63) is 29.3 Å². The van der Waals surface area contributed by atoms with E-state index >= 15 is 0 Å². The molecule has 1 heterocycles. The Bertz CT molecular complexity index is 537. The van der Waals surface area contributed by atoms with Gasteiger partial charge in [0.1, 0.15) is 0 Å². The van der Waals surface area contributed by atoms with Crippen molar-refractivity contribution < 1.29 is 14.3 Å². The number of likely N-dealkylation sites (N-methyl/N-ethyl adjacent to an activating group) is 1. The van der Waals surface area contributed by atoms with Gasteiger partial charge >= 0.3 is 5.97 Å². The minimum Gasteiger partial charge on any atom is -0.452 e. The Morgan fingerprint density at radius 1 is 1.24 bits per heavy atom. The van der Waals surface area contributed by atoms with Crippen molar-refractivity contribution in [2.24, 2.45) is 0 Å².